The van der Waals surface area contributed by atoms with E-state index >= 15 is 0 Å². The molecule has 2 nitrogen and oxygen atoms in total. The molecule has 18 heavy (non-hydrogen) atoms. The summed E-state index contributed by atoms with van der Waals surface area (Å²) in [7, 11) is 0. The monoisotopic (exact) mass is 269 g/mol. The van der Waals surface area contributed by atoms with Crippen LogP contribution in [-0.2, 0) is 4.79 Å². The van der Waals surface area contributed by atoms with E-state index in [2.05, 4.69) is 12.2 Å². The number of alkyl halides is 1. The van der Waals surface area contributed by atoms with Gasteiger partial charge in [-0.15, -0.1) is 11.6 Å². The highest BCUT2D eigenvalue weighted by atomic mass is 35.5. The van der Waals surface area contributed by atoms with Crippen molar-refractivity contribution in [1.29, 1.82) is 0 Å². The summed E-state index contributed by atoms with van der Waals surface area (Å²) in [6, 6.07) is 0.291. The lowest BCUT2D eigenvalue weighted by Gasteiger charge is -2.59. The fourth-order valence-electron chi connectivity index (χ4n) is 5.19. The second-order valence-corrected chi connectivity index (χ2v) is 7.78. The van der Waals surface area contributed by atoms with Gasteiger partial charge in [0, 0.05) is 6.04 Å². The molecule has 1 N–H and O–H groups in total. The van der Waals surface area contributed by atoms with Crippen LogP contribution in [-0.4, -0.2) is 17.3 Å². The Labute approximate surface area is 115 Å². The lowest BCUT2D eigenvalue weighted by atomic mass is 9.48. The van der Waals surface area contributed by atoms with Crippen LogP contribution in [0, 0.1) is 23.2 Å². The van der Waals surface area contributed by atoms with Crippen molar-refractivity contribution in [2.75, 3.05) is 0 Å². The smallest absolute Gasteiger partial charge is 0.237 e. The van der Waals surface area contributed by atoms with Gasteiger partial charge in [0.25, 0.3) is 0 Å². The number of hydrogen-bond acceptors (Lipinski definition) is 1. The number of rotatable bonds is 3. The summed E-state index contributed by atoms with van der Waals surface area (Å²) < 4.78 is 0. The predicted octanol–water partition coefficient (Wildman–Crippen LogP) is 3.33. The fourth-order valence-corrected chi connectivity index (χ4v) is 5.25. The fraction of sp³-hybridized carbons (Fsp3) is 0.933. The molecule has 1 amide bonds. The number of nitrogens with one attached hydrogen (secondary N) is 1. The standard InChI is InChI=1S/C15H24ClNO/c1-9(16)14(18)17-10(2)15-6-11-3-12(7-15)5-13(4-11)8-15/h9-13H,3-8H2,1-2H3,(H,17,18). The van der Waals surface area contributed by atoms with E-state index in [1.807, 2.05) is 0 Å². The van der Waals surface area contributed by atoms with Crippen LogP contribution in [0.2, 0.25) is 0 Å². The second kappa shape index (κ2) is 4.40. The van der Waals surface area contributed by atoms with Gasteiger partial charge in [-0.3, -0.25) is 4.79 Å². The van der Waals surface area contributed by atoms with E-state index in [0.29, 0.717) is 11.5 Å². The highest BCUT2D eigenvalue weighted by molar-refractivity contribution is 6.30. The molecule has 0 spiro atoms. The zero-order chi connectivity index (χ0) is 12.9. The van der Waals surface area contributed by atoms with E-state index < -0.39 is 5.38 Å². The summed E-state index contributed by atoms with van der Waals surface area (Å²) in [6.45, 7) is 3.95. The van der Waals surface area contributed by atoms with Crippen molar-refractivity contribution in [3.8, 4) is 0 Å². The Balaban J connectivity index is 1.73. The largest absolute Gasteiger partial charge is 0.352 e. The average molecular weight is 270 g/mol. The summed E-state index contributed by atoms with van der Waals surface area (Å²) in [4.78, 5) is 11.8. The van der Waals surface area contributed by atoms with Crippen LogP contribution in [0.5, 0.6) is 0 Å². The average Bonchev–Trinajstić information content (AvgIpc) is 2.26. The van der Waals surface area contributed by atoms with Crippen molar-refractivity contribution in [1.82, 2.24) is 5.32 Å². The second-order valence-electron chi connectivity index (χ2n) is 7.13. The molecule has 102 valence electrons. The Morgan fingerprint density at radius 3 is 1.94 bits per heavy atom. The van der Waals surface area contributed by atoms with Gasteiger partial charge in [-0.2, -0.15) is 0 Å². The Morgan fingerprint density at radius 1 is 1.11 bits per heavy atom. The van der Waals surface area contributed by atoms with Gasteiger partial charge < -0.3 is 5.32 Å². The maximum Gasteiger partial charge on any atom is 0.237 e. The molecule has 4 fully saturated rings. The third-order valence-corrected chi connectivity index (χ3v) is 5.92. The van der Waals surface area contributed by atoms with Gasteiger partial charge in [-0.25, -0.2) is 0 Å². The van der Waals surface area contributed by atoms with Crippen molar-refractivity contribution in [3.05, 3.63) is 0 Å². The van der Waals surface area contributed by atoms with E-state index in [9.17, 15) is 4.79 Å². The van der Waals surface area contributed by atoms with E-state index in [-0.39, 0.29) is 5.91 Å². The van der Waals surface area contributed by atoms with Gasteiger partial charge in [0.1, 0.15) is 5.38 Å². The normalized spacial score (nSPS) is 44.7. The van der Waals surface area contributed by atoms with Gasteiger partial charge >= 0.3 is 0 Å². The predicted molar refractivity (Wildman–Crippen MR) is 73.5 cm³/mol. The van der Waals surface area contributed by atoms with Crippen LogP contribution in [0.4, 0.5) is 0 Å². The maximum absolute atomic E-state index is 11.8. The SMILES string of the molecule is CC(Cl)C(=O)NC(C)C12CC3CC(CC(C3)C1)C2. The van der Waals surface area contributed by atoms with E-state index in [1.165, 1.54) is 38.5 Å². The third kappa shape index (κ3) is 2.07. The van der Waals surface area contributed by atoms with E-state index in [0.717, 1.165) is 17.8 Å². The summed E-state index contributed by atoms with van der Waals surface area (Å²) in [5.74, 6) is 2.80. The molecule has 0 heterocycles. The molecule has 0 radical (unpaired) electrons. The van der Waals surface area contributed by atoms with Crippen LogP contribution in [0.3, 0.4) is 0 Å². The van der Waals surface area contributed by atoms with Crippen molar-refractivity contribution in [2.24, 2.45) is 23.2 Å². The molecule has 4 bridgehead atoms. The Hall–Kier alpha value is -0.240. The molecule has 2 unspecified atom stereocenters. The van der Waals surface area contributed by atoms with Gasteiger partial charge in [0.2, 0.25) is 5.91 Å². The first-order chi connectivity index (χ1) is 8.48. The zero-order valence-electron chi connectivity index (χ0n) is 11.4. The summed E-state index contributed by atoms with van der Waals surface area (Å²) in [6.07, 6.45) is 8.34. The molecule has 2 atom stereocenters. The van der Waals surface area contributed by atoms with Crippen molar-refractivity contribution < 1.29 is 4.79 Å². The lowest BCUT2D eigenvalue weighted by Crippen LogP contribution is -2.56. The molecular weight excluding hydrogens is 246 g/mol. The number of carbonyl (C=O) groups is 1. The first-order valence-corrected chi connectivity index (χ1v) is 7.86. The molecule has 0 aromatic carbocycles. The minimum atomic E-state index is -0.415. The number of hydrogen-bond donors (Lipinski definition) is 1. The first kappa shape index (κ1) is 12.8. The molecule has 0 aliphatic heterocycles. The van der Waals surface area contributed by atoms with Gasteiger partial charge in [0.05, 0.1) is 0 Å². The minimum absolute atomic E-state index is 0.0000814. The van der Waals surface area contributed by atoms with E-state index in [4.69, 9.17) is 11.6 Å². The number of halogens is 1. The van der Waals surface area contributed by atoms with Crippen molar-refractivity contribution >= 4 is 17.5 Å². The molecule has 4 rings (SSSR count). The quantitative estimate of drug-likeness (QED) is 0.783. The molecule has 4 aliphatic carbocycles. The van der Waals surface area contributed by atoms with Gasteiger partial charge in [0.15, 0.2) is 0 Å². The first-order valence-electron chi connectivity index (χ1n) is 7.43. The number of carbonyl (C=O) groups excluding carboxylic acids is 1. The van der Waals surface area contributed by atoms with Crippen molar-refractivity contribution in [3.63, 3.8) is 0 Å². The van der Waals surface area contributed by atoms with Crippen molar-refractivity contribution in [2.45, 2.75) is 63.8 Å². The molecule has 0 aromatic heterocycles. The van der Waals surface area contributed by atoms with Crippen LogP contribution >= 0.6 is 11.6 Å². The molecule has 4 aliphatic rings. The molecule has 4 saturated carbocycles. The van der Waals surface area contributed by atoms with Crippen LogP contribution in [0.25, 0.3) is 0 Å². The summed E-state index contributed by atoms with van der Waals surface area (Å²) in [5, 5.41) is 2.75. The zero-order valence-corrected chi connectivity index (χ0v) is 12.2. The third-order valence-electron chi connectivity index (χ3n) is 5.72. The van der Waals surface area contributed by atoms with E-state index in [1.54, 1.807) is 6.92 Å². The summed E-state index contributed by atoms with van der Waals surface area (Å²) >= 11 is 5.87. The lowest BCUT2D eigenvalue weighted by molar-refractivity contribution is -0.125. The van der Waals surface area contributed by atoms with Gasteiger partial charge in [-0.05, 0) is 75.5 Å². The Morgan fingerprint density at radius 2 is 1.56 bits per heavy atom. The number of amides is 1. The highest BCUT2D eigenvalue weighted by Crippen LogP contribution is 2.61. The molecule has 3 heteroatoms. The van der Waals surface area contributed by atoms with Gasteiger partial charge in [-0.1, -0.05) is 0 Å². The van der Waals surface area contributed by atoms with Crippen LogP contribution in [0.15, 0.2) is 0 Å². The van der Waals surface area contributed by atoms with Crippen LogP contribution in [0.1, 0.15) is 52.4 Å². The highest BCUT2D eigenvalue weighted by Gasteiger charge is 2.53. The van der Waals surface area contributed by atoms with Crippen LogP contribution < -0.4 is 5.32 Å². The molecular formula is C15H24ClNO. The maximum atomic E-state index is 11.8. The summed E-state index contributed by atoms with van der Waals surface area (Å²) in [5.41, 5.74) is 0.385. The molecule has 0 saturated heterocycles. The Kier molecular flexibility index (Phi) is 3.12. The Bertz CT molecular complexity index is 317. The minimum Gasteiger partial charge on any atom is -0.352 e. The molecule has 0 aromatic rings. The topological polar surface area (TPSA) is 29.1 Å².